The molecule has 0 fully saturated rings. The van der Waals surface area contributed by atoms with Gasteiger partial charge in [0.15, 0.2) is 17.5 Å². The topological polar surface area (TPSA) is 51.8 Å². The van der Waals surface area contributed by atoms with Gasteiger partial charge in [0.1, 0.15) is 11.2 Å². The fourth-order valence-corrected chi connectivity index (χ4v) is 9.97. The number of benzene rings is 9. The molecule has 0 bridgehead atoms. The molecule has 12 rings (SSSR count). The summed E-state index contributed by atoms with van der Waals surface area (Å²) in [7, 11) is 0. The normalized spacial score (nSPS) is 11.7. The highest BCUT2D eigenvalue weighted by Gasteiger charge is 2.20. The third-order valence-electron chi connectivity index (χ3n) is 11.5. The fraction of sp³-hybridized carbons (Fsp3) is 0. The van der Waals surface area contributed by atoms with Crippen molar-refractivity contribution < 1.29 is 4.42 Å². The maximum atomic E-state index is 6.32. The van der Waals surface area contributed by atoms with Gasteiger partial charge in [0.05, 0.1) is 0 Å². The summed E-state index contributed by atoms with van der Waals surface area (Å²) in [5.41, 5.74) is 11.4. The van der Waals surface area contributed by atoms with Crippen LogP contribution in [0.3, 0.4) is 0 Å². The molecular formula is C55H33N3OS. The van der Waals surface area contributed by atoms with E-state index in [1.807, 2.05) is 35.6 Å². The Morgan fingerprint density at radius 2 is 0.833 bits per heavy atom. The zero-order valence-electron chi connectivity index (χ0n) is 32.2. The predicted molar refractivity (Wildman–Crippen MR) is 250 cm³/mol. The highest BCUT2D eigenvalue weighted by Crippen LogP contribution is 2.46. The third kappa shape index (κ3) is 5.78. The van der Waals surface area contributed by atoms with E-state index in [-0.39, 0.29) is 0 Å². The van der Waals surface area contributed by atoms with Gasteiger partial charge in [-0.1, -0.05) is 170 Å². The molecule has 0 atom stereocenters. The number of nitrogens with zero attached hydrogens (tertiary/aromatic N) is 3. The van der Waals surface area contributed by atoms with Crippen LogP contribution in [-0.4, -0.2) is 15.0 Å². The molecule has 4 nitrogen and oxygen atoms in total. The largest absolute Gasteiger partial charge is 0.456 e. The van der Waals surface area contributed by atoms with Crippen molar-refractivity contribution in [2.75, 3.05) is 0 Å². The SMILES string of the molecule is c1ccc(-c2cc(-c3nc(-c4ccc5ccccc5c4)nc(-c4ccc5c(c4)oc4ccccc45)n3)ccc2-c2cccc3c2sc2c(-c4ccccc4)cccc23)cc1. The highest BCUT2D eigenvalue weighted by atomic mass is 32.1. The lowest BCUT2D eigenvalue weighted by atomic mass is 9.91. The molecular weight excluding hydrogens is 751 g/mol. The van der Waals surface area contributed by atoms with E-state index in [1.165, 1.54) is 42.2 Å². The van der Waals surface area contributed by atoms with Crippen molar-refractivity contribution in [1.29, 1.82) is 0 Å². The summed E-state index contributed by atoms with van der Waals surface area (Å²) in [6.45, 7) is 0. The Kier molecular flexibility index (Phi) is 8.00. The third-order valence-corrected chi connectivity index (χ3v) is 12.8. The average molecular weight is 784 g/mol. The van der Waals surface area contributed by atoms with E-state index < -0.39 is 0 Å². The van der Waals surface area contributed by atoms with E-state index in [4.69, 9.17) is 19.4 Å². The van der Waals surface area contributed by atoms with E-state index >= 15 is 0 Å². The van der Waals surface area contributed by atoms with Crippen molar-refractivity contribution >= 4 is 64.2 Å². The van der Waals surface area contributed by atoms with Crippen molar-refractivity contribution in [3.05, 3.63) is 200 Å². The smallest absolute Gasteiger partial charge is 0.164 e. The molecule has 0 N–H and O–H groups in total. The van der Waals surface area contributed by atoms with Crippen LogP contribution in [-0.2, 0) is 0 Å². The molecule has 3 aromatic heterocycles. The van der Waals surface area contributed by atoms with E-state index in [9.17, 15) is 0 Å². The molecule has 0 radical (unpaired) electrons. The maximum Gasteiger partial charge on any atom is 0.164 e. The van der Waals surface area contributed by atoms with Gasteiger partial charge in [-0.3, -0.25) is 0 Å². The first-order valence-corrected chi connectivity index (χ1v) is 20.9. The van der Waals surface area contributed by atoms with Crippen LogP contribution < -0.4 is 0 Å². The lowest BCUT2D eigenvalue weighted by Gasteiger charge is -2.14. The van der Waals surface area contributed by atoms with E-state index in [0.29, 0.717) is 17.5 Å². The molecule has 0 unspecified atom stereocenters. The summed E-state index contributed by atoms with van der Waals surface area (Å²) >= 11 is 1.87. The zero-order chi connectivity index (χ0) is 39.6. The van der Waals surface area contributed by atoms with Crippen molar-refractivity contribution in [1.82, 2.24) is 15.0 Å². The number of aromatic nitrogens is 3. The second kappa shape index (κ2) is 14.0. The number of rotatable bonds is 6. The van der Waals surface area contributed by atoms with Crippen LogP contribution in [0.2, 0.25) is 0 Å². The maximum absolute atomic E-state index is 6.32. The summed E-state index contributed by atoms with van der Waals surface area (Å²) < 4.78 is 8.88. The summed E-state index contributed by atoms with van der Waals surface area (Å²) in [5, 5.41) is 6.98. The number of furan rings is 1. The predicted octanol–water partition coefficient (Wildman–Crippen LogP) is 15.3. The first-order valence-electron chi connectivity index (χ1n) is 20.1. The summed E-state index contributed by atoms with van der Waals surface area (Å²) in [5.74, 6) is 1.80. The van der Waals surface area contributed by atoms with Crippen LogP contribution in [0.1, 0.15) is 0 Å². The number of thiophene rings is 1. The summed E-state index contributed by atoms with van der Waals surface area (Å²) in [4.78, 5) is 15.6. The molecule has 0 saturated carbocycles. The fourth-order valence-electron chi connectivity index (χ4n) is 8.61. The van der Waals surface area contributed by atoms with Gasteiger partial charge in [-0.25, -0.2) is 15.0 Å². The second-order valence-electron chi connectivity index (χ2n) is 15.1. The van der Waals surface area contributed by atoms with Crippen molar-refractivity contribution in [2.24, 2.45) is 0 Å². The lowest BCUT2D eigenvalue weighted by molar-refractivity contribution is 0.669. The molecule has 0 aliphatic rings. The molecule has 5 heteroatoms. The Balaban J connectivity index is 1.06. The minimum Gasteiger partial charge on any atom is -0.456 e. The van der Waals surface area contributed by atoms with Gasteiger partial charge in [0.2, 0.25) is 0 Å². The Labute approximate surface area is 349 Å². The molecule has 0 amide bonds. The molecule has 0 aliphatic heterocycles. The van der Waals surface area contributed by atoms with Gasteiger partial charge < -0.3 is 4.42 Å². The van der Waals surface area contributed by atoms with Crippen molar-refractivity contribution in [2.45, 2.75) is 0 Å². The first-order chi connectivity index (χ1) is 29.7. The first kappa shape index (κ1) is 34.3. The monoisotopic (exact) mass is 783 g/mol. The van der Waals surface area contributed by atoms with E-state index in [0.717, 1.165) is 60.7 Å². The van der Waals surface area contributed by atoms with Gasteiger partial charge >= 0.3 is 0 Å². The van der Waals surface area contributed by atoms with E-state index in [2.05, 4.69) is 176 Å². The van der Waals surface area contributed by atoms with Crippen LogP contribution in [0.15, 0.2) is 205 Å². The number of hydrogen-bond acceptors (Lipinski definition) is 5. The highest BCUT2D eigenvalue weighted by molar-refractivity contribution is 7.26. The minimum atomic E-state index is 0.583. The molecule has 12 aromatic rings. The Hall–Kier alpha value is -7.73. The van der Waals surface area contributed by atoms with Gasteiger partial charge in [-0.05, 0) is 68.9 Å². The second-order valence-corrected chi connectivity index (χ2v) is 16.2. The molecule has 280 valence electrons. The number of fused-ring (bicyclic) bond motifs is 7. The number of para-hydroxylation sites is 1. The molecule has 0 aliphatic carbocycles. The molecule has 9 aromatic carbocycles. The standard InChI is InChI=1S/C55H33N3OS/c1-3-14-35(15-4-1)41-20-11-22-46-47-23-12-21-45(52(47)60-51(41)46)42-29-27-39(32-48(42)36-16-5-2-6-17-36)54-56-53(38-26-25-34-13-7-8-18-37(34)31-38)57-55(58-54)40-28-30-44-43-19-9-10-24-49(43)59-50(44)33-40/h1-33H. The van der Waals surface area contributed by atoms with Gasteiger partial charge in [-0.2, -0.15) is 0 Å². The average Bonchev–Trinajstić information content (AvgIpc) is 3.90. The summed E-state index contributed by atoms with van der Waals surface area (Å²) in [6, 6.07) is 70.5. The van der Waals surface area contributed by atoms with Gasteiger partial charge in [0.25, 0.3) is 0 Å². The molecule has 0 spiro atoms. The Morgan fingerprint density at radius 1 is 0.300 bits per heavy atom. The van der Waals surface area contributed by atoms with E-state index in [1.54, 1.807) is 0 Å². The molecule has 60 heavy (non-hydrogen) atoms. The van der Waals surface area contributed by atoms with Crippen LogP contribution in [0, 0.1) is 0 Å². The molecule has 3 heterocycles. The summed E-state index contributed by atoms with van der Waals surface area (Å²) in [6.07, 6.45) is 0. The zero-order valence-corrected chi connectivity index (χ0v) is 33.0. The van der Waals surface area contributed by atoms with Crippen molar-refractivity contribution in [3.63, 3.8) is 0 Å². The lowest BCUT2D eigenvalue weighted by Crippen LogP contribution is -2.00. The van der Waals surface area contributed by atoms with Crippen LogP contribution >= 0.6 is 11.3 Å². The van der Waals surface area contributed by atoms with Crippen molar-refractivity contribution in [3.8, 4) is 67.5 Å². The Morgan fingerprint density at radius 3 is 1.58 bits per heavy atom. The van der Waals surface area contributed by atoms with Gasteiger partial charge in [0, 0.05) is 53.2 Å². The van der Waals surface area contributed by atoms with Crippen LogP contribution in [0.4, 0.5) is 0 Å². The quantitative estimate of drug-likeness (QED) is 0.169. The van der Waals surface area contributed by atoms with Crippen LogP contribution in [0.5, 0.6) is 0 Å². The minimum absolute atomic E-state index is 0.583. The number of hydrogen-bond donors (Lipinski definition) is 0. The Bertz CT molecular complexity index is 3610. The van der Waals surface area contributed by atoms with Gasteiger partial charge in [-0.15, -0.1) is 11.3 Å². The van der Waals surface area contributed by atoms with Crippen LogP contribution in [0.25, 0.3) is 120 Å². The molecule has 0 saturated heterocycles.